The number of hydrogen-bond donors (Lipinski definition) is 1. The molecule has 1 heterocycles. The molecule has 0 radical (unpaired) electrons. The zero-order chi connectivity index (χ0) is 13.8. The topological polar surface area (TPSA) is 67.5 Å². The summed E-state index contributed by atoms with van der Waals surface area (Å²) in [6, 6.07) is 9.99. The average molecular weight is 299 g/mol. The maximum atomic E-state index is 11.9. The molecule has 0 saturated carbocycles. The van der Waals surface area contributed by atoms with Gasteiger partial charge in [0.15, 0.2) is 0 Å². The monoisotopic (exact) mass is 298 g/mol. The molecule has 100 valence electrons. The van der Waals surface area contributed by atoms with E-state index in [9.17, 15) is 9.00 Å². The van der Waals surface area contributed by atoms with Gasteiger partial charge in [0.25, 0.3) is 0 Å². The Hall–Kier alpha value is -1.59. The molecule has 4 nitrogen and oxygen atoms in total. The van der Waals surface area contributed by atoms with Gasteiger partial charge in [0.1, 0.15) is 5.76 Å². The van der Waals surface area contributed by atoms with Crippen LogP contribution in [0.25, 0.3) is 0 Å². The summed E-state index contributed by atoms with van der Waals surface area (Å²) in [4.78, 5) is 10.6. The molecular formula is C13H11ClO4S. The molecule has 0 aliphatic rings. The fourth-order valence-electron chi connectivity index (χ4n) is 1.55. The Bertz CT molecular complexity index is 603. The maximum absolute atomic E-state index is 11.9. The van der Waals surface area contributed by atoms with Crippen LogP contribution in [0.1, 0.15) is 21.9 Å². The zero-order valence-corrected chi connectivity index (χ0v) is 11.4. The maximum Gasteiger partial charge on any atom is 0.371 e. The molecule has 1 unspecified atom stereocenters. The summed E-state index contributed by atoms with van der Waals surface area (Å²) in [6.45, 7) is 0. The molecule has 6 heteroatoms. The van der Waals surface area contributed by atoms with Gasteiger partial charge in [0.2, 0.25) is 5.76 Å². The number of rotatable bonds is 5. The summed E-state index contributed by atoms with van der Waals surface area (Å²) in [5, 5.41) is 9.34. The third kappa shape index (κ3) is 3.94. The van der Waals surface area contributed by atoms with Crippen molar-refractivity contribution < 1.29 is 18.5 Å². The second-order valence-electron chi connectivity index (χ2n) is 3.93. The number of furan rings is 1. The van der Waals surface area contributed by atoms with Gasteiger partial charge in [-0.2, -0.15) is 0 Å². The molecule has 0 amide bonds. The zero-order valence-electron chi connectivity index (χ0n) is 9.84. The molecule has 0 saturated heterocycles. The van der Waals surface area contributed by atoms with Crippen LogP contribution in [-0.2, 0) is 22.3 Å². The lowest BCUT2D eigenvalue weighted by Gasteiger charge is -2.01. The van der Waals surface area contributed by atoms with E-state index in [1.807, 2.05) is 12.1 Å². The van der Waals surface area contributed by atoms with Crippen LogP contribution in [0.3, 0.4) is 0 Å². The number of hydrogen-bond acceptors (Lipinski definition) is 3. The standard InChI is InChI=1S/C13H11ClO4S/c14-10-3-1-9(2-4-10)7-19(17)8-11-5-6-12(18-11)13(15)16/h1-6H,7-8H2,(H,15,16). The highest BCUT2D eigenvalue weighted by Gasteiger charge is 2.11. The van der Waals surface area contributed by atoms with E-state index in [2.05, 4.69) is 0 Å². The molecule has 19 heavy (non-hydrogen) atoms. The Kier molecular flexibility index (Phi) is 4.39. The third-order valence-electron chi connectivity index (χ3n) is 2.42. The van der Waals surface area contributed by atoms with E-state index >= 15 is 0 Å². The van der Waals surface area contributed by atoms with Gasteiger partial charge in [0, 0.05) is 21.6 Å². The fraction of sp³-hybridized carbons (Fsp3) is 0.154. The Labute approximate surface area is 117 Å². The number of carbonyl (C=O) groups is 1. The smallest absolute Gasteiger partial charge is 0.371 e. The van der Waals surface area contributed by atoms with Gasteiger partial charge < -0.3 is 9.52 Å². The minimum atomic E-state index is -1.16. The Morgan fingerprint density at radius 2 is 1.84 bits per heavy atom. The highest BCUT2D eigenvalue weighted by molar-refractivity contribution is 7.83. The number of aromatic carboxylic acids is 1. The van der Waals surface area contributed by atoms with Gasteiger partial charge >= 0.3 is 5.97 Å². The summed E-state index contributed by atoms with van der Waals surface area (Å²) in [7, 11) is -1.16. The molecular weight excluding hydrogens is 288 g/mol. The summed E-state index contributed by atoms with van der Waals surface area (Å²) in [6.07, 6.45) is 0. The minimum absolute atomic E-state index is 0.140. The van der Waals surface area contributed by atoms with Gasteiger partial charge in [0.05, 0.1) is 5.75 Å². The SMILES string of the molecule is O=C(O)c1ccc(CS(=O)Cc2ccc(Cl)cc2)o1. The molecule has 1 aromatic carbocycles. The molecule has 2 aromatic rings. The second kappa shape index (κ2) is 6.04. The lowest BCUT2D eigenvalue weighted by Crippen LogP contribution is -1.99. The first-order valence-electron chi connectivity index (χ1n) is 5.46. The van der Waals surface area contributed by atoms with E-state index in [0.717, 1.165) is 5.56 Å². The van der Waals surface area contributed by atoms with Crippen molar-refractivity contribution in [1.82, 2.24) is 0 Å². The summed E-state index contributed by atoms with van der Waals surface area (Å²) < 4.78 is 17.0. The van der Waals surface area contributed by atoms with Crippen molar-refractivity contribution in [1.29, 1.82) is 0 Å². The Balaban J connectivity index is 1.97. The van der Waals surface area contributed by atoms with Crippen LogP contribution in [0.4, 0.5) is 0 Å². The van der Waals surface area contributed by atoms with Crippen molar-refractivity contribution in [3.8, 4) is 0 Å². The first kappa shape index (κ1) is 13.8. The normalized spacial score (nSPS) is 12.3. The first-order valence-corrected chi connectivity index (χ1v) is 7.32. The largest absolute Gasteiger partial charge is 0.475 e. The van der Waals surface area contributed by atoms with Crippen LogP contribution >= 0.6 is 11.6 Å². The molecule has 2 rings (SSSR count). The van der Waals surface area contributed by atoms with Gasteiger partial charge in [-0.1, -0.05) is 23.7 Å². The van der Waals surface area contributed by atoms with Gasteiger partial charge in [-0.3, -0.25) is 4.21 Å². The van der Waals surface area contributed by atoms with Gasteiger partial charge in [-0.25, -0.2) is 4.79 Å². The molecule has 1 aromatic heterocycles. The summed E-state index contributed by atoms with van der Waals surface area (Å²) in [5.41, 5.74) is 0.910. The minimum Gasteiger partial charge on any atom is -0.475 e. The van der Waals surface area contributed by atoms with Crippen molar-refractivity contribution >= 4 is 28.4 Å². The Morgan fingerprint density at radius 3 is 2.42 bits per heavy atom. The van der Waals surface area contributed by atoms with Crippen molar-refractivity contribution in [2.24, 2.45) is 0 Å². The second-order valence-corrected chi connectivity index (χ2v) is 5.82. The molecule has 0 fully saturated rings. The van der Waals surface area contributed by atoms with Crippen LogP contribution < -0.4 is 0 Å². The molecule has 0 aliphatic carbocycles. The fourth-order valence-corrected chi connectivity index (χ4v) is 2.81. The number of benzene rings is 1. The molecule has 0 bridgehead atoms. The van der Waals surface area contributed by atoms with Crippen LogP contribution in [0.15, 0.2) is 40.8 Å². The van der Waals surface area contributed by atoms with Crippen LogP contribution in [0.5, 0.6) is 0 Å². The highest BCUT2D eigenvalue weighted by atomic mass is 35.5. The van der Waals surface area contributed by atoms with Crippen LogP contribution in [-0.4, -0.2) is 15.3 Å². The van der Waals surface area contributed by atoms with E-state index in [-0.39, 0.29) is 11.5 Å². The highest BCUT2D eigenvalue weighted by Crippen LogP contribution is 2.14. The van der Waals surface area contributed by atoms with E-state index in [0.29, 0.717) is 16.5 Å². The van der Waals surface area contributed by atoms with Crippen molar-refractivity contribution in [2.75, 3.05) is 0 Å². The van der Waals surface area contributed by atoms with E-state index in [1.165, 1.54) is 12.1 Å². The van der Waals surface area contributed by atoms with E-state index in [4.69, 9.17) is 21.1 Å². The summed E-state index contributed by atoms with van der Waals surface area (Å²) >= 11 is 5.76. The van der Waals surface area contributed by atoms with E-state index < -0.39 is 16.8 Å². The third-order valence-corrected chi connectivity index (χ3v) is 3.93. The number of carboxylic acid groups (broad SMARTS) is 1. The lowest BCUT2D eigenvalue weighted by molar-refractivity contribution is 0.0661. The van der Waals surface area contributed by atoms with Crippen molar-refractivity contribution in [2.45, 2.75) is 11.5 Å². The lowest BCUT2D eigenvalue weighted by atomic mass is 10.2. The molecule has 1 atom stereocenters. The predicted octanol–water partition coefficient (Wildman–Crippen LogP) is 3.08. The number of halogens is 1. The van der Waals surface area contributed by atoms with Gasteiger partial charge in [-0.05, 0) is 29.8 Å². The predicted molar refractivity (Wildman–Crippen MR) is 72.7 cm³/mol. The molecule has 0 aliphatic heterocycles. The van der Waals surface area contributed by atoms with Crippen molar-refractivity contribution in [3.63, 3.8) is 0 Å². The molecule has 1 N–H and O–H groups in total. The van der Waals surface area contributed by atoms with Crippen LogP contribution in [0, 0.1) is 0 Å². The first-order chi connectivity index (χ1) is 9.04. The quantitative estimate of drug-likeness (QED) is 0.921. The summed E-state index contributed by atoms with van der Waals surface area (Å²) in [5.74, 6) is -0.297. The van der Waals surface area contributed by atoms with Crippen LogP contribution in [0.2, 0.25) is 5.02 Å². The average Bonchev–Trinajstić information content (AvgIpc) is 2.80. The molecule has 0 spiro atoms. The number of carboxylic acids is 1. The van der Waals surface area contributed by atoms with E-state index in [1.54, 1.807) is 12.1 Å². The Morgan fingerprint density at radius 1 is 1.16 bits per heavy atom. The van der Waals surface area contributed by atoms with Crippen molar-refractivity contribution in [3.05, 3.63) is 58.5 Å². The van der Waals surface area contributed by atoms with Gasteiger partial charge in [-0.15, -0.1) is 0 Å².